The number of nitrogens with one attached hydrogen (secondary N) is 1. The lowest BCUT2D eigenvalue weighted by atomic mass is 10.1. The summed E-state index contributed by atoms with van der Waals surface area (Å²) in [6.45, 7) is 1.84. The highest BCUT2D eigenvalue weighted by Gasteiger charge is 2.13. The van der Waals surface area contributed by atoms with Crippen LogP contribution in [-0.2, 0) is 0 Å². The van der Waals surface area contributed by atoms with E-state index < -0.39 is 0 Å². The Morgan fingerprint density at radius 1 is 1.25 bits per heavy atom. The number of nitrogens with zero attached hydrogens (tertiary/aromatic N) is 1. The lowest BCUT2D eigenvalue weighted by molar-refractivity contribution is 0.102. The second-order valence-electron chi connectivity index (χ2n) is 4.19. The first-order valence-electron chi connectivity index (χ1n) is 5.79. The van der Waals surface area contributed by atoms with Gasteiger partial charge in [0, 0.05) is 8.95 Å². The summed E-state index contributed by atoms with van der Waals surface area (Å²) in [5.74, 6) is -0.264. The first-order valence-corrected chi connectivity index (χ1v) is 7.37. The maximum Gasteiger partial charge on any atom is 0.256 e. The number of rotatable bonds is 2. The number of nitriles is 1. The third-order valence-electron chi connectivity index (χ3n) is 2.81. The van der Waals surface area contributed by atoms with Crippen LogP contribution >= 0.6 is 31.9 Å². The molecule has 0 aliphatic rings. The molecular weight excluding hydrogens is 384 g/mol. The zero-order valence-corrected chi connectivity index (χ0v) is 13.7. The van der Waals surface area contributed by atoms with Crippen LogP contribution in [0.25, 0.3) is 0 Å². The fourth-order valence-corrected chi connectivity index (χ4v) is 2.57. The van der Waals surface area contributed by atoms with Crippen LogP contribution in [0.15, 0.2) is 45.3 Å². The lowest BCUT2D eigenvalue weighted by Gasteiger charge is -2.10. The van der Waals surface area contributed by atoms with Gasteiger partial charge in [0.05, 0.1) is 16.8 Å². The first-order chi connectivity index (χ1) is 9.52. The van der Waals surface area contributed by atoms with E-state index in [1.165, 1.54) is 0 Å². The minimum atomic E-state index is -0.264. The number of hydrogen-bond donors (Lipinski definition) is 1. The van der Waals surface area contributed by atoms with Crippen molar-refractivity contribution in [1.82, 2.24) is 0 Å². The van der Waals surface area contributed by atoms with E-state index in [0.29, 0.717) is 21.3 Å². The van der Waals surface area contributed by atoms with Crippen LogP contribution in [0.4, 0.5) is 5.69 Å². The van der Waals surface area contributed by atoms with Crippen LogP contribution in [0.5, 0.6) is 0 Å². The van der Waals surface area contributed by atoms with E-state index in [9.17, 15) is 4.79 Å². The van der Waals surface area contributed by atoms with Crippen molar-refractivity contribution in [2.45, 2.75) is 6.92 Å². The molecule has 2 aromatic carbocycles. The molecule has 0 heterocycles. The number of anilines is 1. The Kier molecular flexibility index (Phi) is 4.58. The van der Waals surface area contributed by atoms with Crippen LogP contribution in [0.1, 0.15) is 21.5 Å². The van der Waals surface area contributed by atoms with Gasteiger partial charge in [-0.25, -0.2) is 0 Å². The highest BCUT2D eigenvalue weighted by Crippen LogP contribution is 2.24. The van der Waals surface area contributed by atoms with E-state index in [-0.39, 0.29) is 5.91 Å². The van der Waals surface area contributed by atoms with E-state index in [2.05, 4.69) is 43.2 Å². The molecule has 0 aliphatic carbocycles. The van der Waals surface area contributed by atoms with Gasteiger partial charge in [-0.15, -0.1) is 0 Å². The van der Waals surface area contributed by atoms with Crippen molar-refractivity contribution in [1.29, 1.82) is 5.26 Å². The molecule has 0 bridgehead atoms. The molecule has 0 saturated carbocycles. The number of carbonyl (C=O) groups is 1. The summed E-state index contributed by atoms with van der Waals surface area (Å²) in [7, 11) is 0. The summed E-state index contributed by atoms with van der Waals surface area (Å²) in [6, 6.07) is 12.8. The fourth-order valence-electron chi connectivity index (χ4n) is 1.78. The first kappa shape index (κ1) is 14.8. The van der Waals surface area contributed by atoms with E-state index >= 15 is 0 Å². The molecule has 5 heteroatoms. The highest BCUT2D eigenvalue weighted by molar-refractivity contribution is 9.11. The molecule has 0 fully saturated rings. The smallest absolute Gasteiger partial charge is 0.256 e. The minimum absolute atomic E-state index is 0.264. The zero-order chi connectivity index (χ0) is 14.7. The van der Waals surface area contributed by atoms with Crippen molar-refractivity contribution < 1.29 is 4.79 Å². The van der Waals surface area contributed by atoms with Crippen LogP contribution in [0.3, 0.4) is 0 Å². The predicted octanol–water partition coefficient (Wildman–Crippen LogP) is 4.64. The third kappa shape index (κ3) is 3.09. The molecule has 0 aliphatic heterocycles. The molecule has 1 N–H and O–H groups in total. The lowest BCUT2D eigenvalue weighted by Crippen LogP contribution is -2.14. The summed E-state index contributed by atoms with van der Waals surface area (Å²) in [4.78, 5) is 12.3. The largest absolute Gasteiger partial charge is 0.321 e. The fraction of sp³-hybridized carbons (Fsp3) is 0.0667. The topological polar surface area (TPSA) is 52.9 Å². The van der Waals surface area contributed by atoms with Gasteiger partial charge < -0.3 is 5.32 Å². The molecule has 1 amide bonds. The maximum absolute atomic E-state index is 12.3. The van der Waals surface area contributed by atoms with Crippen LogP contribution in [0.2, 0.25) is 0 Å². The quantitative estimate of drug-likeness (QED) is 0.807. The van der Waals surface area contributed by atoms with Crippen molar-refractivity contribution in [2.24, 2.45) is 0 Å². The van der Waals surface area contributed by atoms with Crippen molar-refractivity contribution in [3.05, 3.63) is 62.0 Å². The molecule has 2 aromatic rings. The van der Waals surface area contributed by atoms with E-state index in [1.807, 2.05) is 25.1 Å². The predicted molar refractivity (Wildman–Crippen MR) is 85.7 cm³/mol. The Morgan fingerprint density at radius 3 is 2.70 bits per heavy atom. The van der Waals surface area contributed by atoms with E-state index in [0.717, 1.165) is 10.0 Å². The Labute approximate surface area is 133 Å². The van der Waals surface area contributed by atoms with Gasteiger partial charge >= 0.3 is 0 Å². The van der Waals surface area contributed by atoms with E-state index in [1.54, 1.807) is 18.2 Å². The molecule has 0 aromatic heterocycles. The summed E-state index contributed by atoms with van der Waals surface area (Å²) in [5, 5.41) is 11.9. The van der Waals surface area contributed by atoms with Crippen molar-refractivity contribution in [2.75, 3.05) is 5.32 Å². The van der Waals surface area contributed by atoms with Gasteiger partial charge in [-0.2, -0.15) is 5.26 Å². The molecule has 2 rings (SSSR count). The third-order valence-corrected chi connectivity index (χ3v) is 3.99. The Bertz CT molecular complexity index is 720. The van der Waals surface area contributed by atoms with Gasteiger partial charge in [-0.1, -0.05) is 28.1 Å². The molecular formula is C15H10Br2N2O. The van der Waals surface area contributed by atoms with Crippen LogP contribution < -0.4 is 5.32 Å². The monoisotopic (exact) mass is 392 g/mol. The second-order valence-corrected chi connectivity index (χ2v) is 5.96. The molecule has 0 spiro atoms. The molecule has 20 heavy (non-hydrogen) atoms. The van der Waals surface area contributed by atoms with Crippen LogP contribution in [-0.4, -0.2) is 5.91 Å². The Hall–Kier alpha value is -1.64. The van der Waals surface area contributed by atoms with Gasteiger partial charge in [0.25, 0.3) is 5.91 Å². The number of benzene rings is 2. The van der Waals surface area contributed by atoms with Crippen molar-refractivity contribution in [3.8, 4) is 6.07 Å². The average molecular weight is 394 g/mol. The minimum Gasteiger partial charge on any atom is -0.321 e. The summed E-state index contributed by atoms with van der Waals surface area (Å²) < 4.78 is 1.51. The van der Waals surface area contributed by atoms with Gasteiger partial charge in [0.1, 0.15) is 6.07 Å². The maximum atomic E-state index is 12.3. The second kappa shape index (κ2) is 6.21. The van der Waals surface area contributed by atoms with Gasteiger partial charge in [0.2, 0.25) is 0 Å². The van der Waals surface area contributed by atoms with Gasteiger partial charge in [0.15, 0.2) is 0 Å². The average Bonchev–Trinajstić information content (AvgIpc) is 2.41. The summed E-state index contributed by atoms with van der Waals surface area (Å²) in [5.41, 5.74) is 2.33. The highest BCUT2D eigenvalue weighted by atomic mass is 79.9. The summed E-state index contributed by atoms with van der Waals surface area (Å²) in [6.07, 6.45) is 0. The van der Waals surface area contributed by atoms with Crippen LogP contribution in [0, 0.1) is 18.3 Å². The summed E-state index contributed by atoms with van der Waals surface area (Å²) >= 11 is 6.68. The van der Waals surface area contributed by atoms with Crippen molar-refractivity contribution >= 4 is 43.5 Å². The molecule has 100 valence electrons. The number of hydrogen-bond acceptors (Lipinski definition) is 2. The number of carbonyl (C=O) groups excluding carboxylic acids is 1. The Balaban J connectivity index is 2.36. The standard InChI is InChI=1S/C15H10Br2N2O/c1-9-3-2-4-14(12(9)8-18)19-15(20)11-7-10(16)5-6-13(11)17/h2-7H,1H3,(H,19,20). The molecule has 3 nitrogen and oxygen atoms in total. The number of aryl methyl sites for hydroxylation is 1. The molecule has 0 saturated heterocycles. The molecule has 0 unspecified atom stereocenters. The zero-order valence-electron chi connectivity index (χ0n) is 10.6. The Morgan fingerprint density at radius 2 is 2.00 bits per heavy atom. The van der Waals surface area contributed by atoms with Gasteiger partial charge in [-0.05, 0) is 52.7 Å². The van der Waals surface area contributed by atoms with Crippen molar-refractivity contribution in [3.63, 3.8) is 0 Å². The molecule has 0 atom stereocenters. The van der Waals surface area contributed by atoms with Gasteiger partial charge in [-0.3, -0.25) is 4.79 Å². The van der Waals surface area contributed by atoms with E-state index in [4.69, 9.17) is 5.26 Å². The SMILES string of the molecule is Cc1cccc(NC(=O)c2cc(Br)ccc2Br)c1C#N. The normalized spacial score (nSPS) is 9.90. The number of amides is 1. The number of halogens is 2. The molecule has 0 radical (unpaired) electrons.